The molecule has 2 aromatic carbocycles. The highest BCUT2D eigenvalue weighted by molar-refractivity contribution is 6.13. The van der Waals surface area contributed by atoms with Crippen molar-refractivity contribution in [3.8, 4) is 5.75 Å². The number of ether oxygens (including phenoxy) is 1. The van der Waals surface area contributed by atoms with Gasteiger partial charge in [0.25, 0.3) is 0 Å². The van der Waals surface area contributed by atoms with Gasteiger partial charge in [0.05, 0.1) is 11.8 Å². The van der Waals surface area contributed by atoms with Crippen LogP contribution >= 0.6 is 0 Å². The minimum Gasteiger partial charge on any atom is -0.489 e. The summed E-state index contributed by atoms with van der Waals surface area (Å²) in [5.41, 5.74) is 0.676. The molecule has 29 heavy (non-hydrogen) atoms. The van der Waals surface area contributed by atoms with E-state index < -0.39 is 5.41 Å². The zero-order valence-corrected chi connectivity index (χ0v) is 17.6. The van der Waals surface area contributed by atoms with Gasteiger partial charge in [0, 0.05) is 12.6 Å². The van der Waals surface area contributed by atoms with E-state index in [-0.39, 0.29) is 24.0 Å². The lowest BCUT2D eigenvalue weighted by molar-refractivity contribution is -0.144. The Morgan fingerprint density at radius 1 is 1.00 bits per heavy atom. The Kier molecular flexibility index (Phi) is 6.26. The number of hydrogen-bond donors (Lipinski definition) is 1. The summed E-state index contributed by atoms with van der Waals surface area (Å²) in [5.74, 6) is 0.265. The molecule has 5 heteroatoms. The third kappa shape index (κ3) is 4.78. The van der Waals surface area contributed by atoms with Crippen LogP contribution in [0, 0.1) is 5.41 Å². The molecule has 0 heterocycles. The molecule has 1 aliphatic carbocycles. The Labute approximate surface area is 173 Å². The molecule has 0 atom stereocenters. The smallest absolute Gasteiger partial charge is 0.240 e. The van der Waals surface area contributed by atoms with Crippen LogP contribution in [0.5, 0.6) is 5.75 Å². The van der Waals surface area contributed by atoms with E-state index in [1.807, 2.05) is 76.2 Å². The van der Waals surface area contributed by atoms with Crippen molar-refractivity contribution in [2.24, 2.45) is 5.41 Å². The van der Waals surface area contributed by atoms with Gasteiger partial charge >= 0.3 is 0 Å². The summed E-state index contributed by atoms with van der Waals surface area (Å²) in [7, 11) is 0. The molecule has 0 bridgehead atoms. The number of carbonyl (C=O) groups excluding carboxylic acids is 2. The number of carbonyl (C=O) groups is 2. The van der Waals surface area contributed by atoms with Gasteiger partial charge < -0.3 is 15.0 Å². The van der Waals surface area contributed by atoms with Crippen molar-refractivity contribution in [3.63, 3.8) is 0 Å². The average Bonchev–Trinajstić information content (AvgIpc) is 3.49. The highest BCUT2D eigenvalue weighted by Crippen LogP contribution is 2.49. The highest BCUT2D eigenvalue weighted by Gasteiger charge is 2.58. The van der Waals surface area contributed by atoms with E-state index in [0.717, 1.165) is 5.56 Å². The standard InChI is InChI=1S/C24H30N2O3/c1-17(2)26(16-19-10-6-5-7-11-19)23(28)24(14-15-24)22(27)25-20-12-8-9-13-21(20)29-18(3)4/h5-13,17-18H,14-16H2,1-4H3,(H,25,27). The zero-order chi connectivity index (χ0) is 21.0. The molecule has 2 amide bonds. The summed E-state index contributed by atoms with van der Waals surface area (Å²) in [5, 5.41) is 2.95. The maximum Gasteiger partial charge on any atom is 0.240 e. The third-order valence-electron chi connectivity index (χ3n) is 5.17. The molecule has 5 nitrogen and oxygen atoms in total. The van der Waals surface area contributed by atoms with Crippen LogP contribution in [0.3, 0.4) is 0 Å². The molecule has 154 valence electrons. The molecule has 3 rings (SSSR count). The van der Waals surface area contributed by atoms with Crippen LogP contribution in [0.15, 0.2) is 54.6 Å². The van der Waals surface area contributed by atoms with Gasteiger partial charge in [-0.15, -0.1) is 0 Å². The van der Waals surface area contributed by atoms with Gasteiger partial charge in [-0.1, -0.05) is 42.5 Å². The average molecular weight is 395 g/mol. The summed E-state index contributed by atoms with van der Waals surface area (Å²) >= 11 is 0. The summed E-state index contributed by atoms with van der Waals surface area (Å²) in [6.07, 6.45) is 1.14. The first-order valence-electron chi connectivity index (χ1n) is 10.3. The number of anilines is 1. The fraction of sp³-hybridized carbons (Fsp3) is 0.417. The molecule has 0 aliphatic heterocycles. The van der Waals surface area contributed by atoms with Gasteiger partial charge in [-0.05, 0) is 58.2 Å². The predicted octanol–water partition coefficient (Wildman–Crippen LogP) is 4.63. The fourth-order valence-corrected chi connectivity index (χ4v) is 3.38. The van der Waals surface area contributed by atoms with Crippen molar-refractivity contribution in [2.75, 3.05) is 5.32 Å². The minimum atomic E-state index is -0.982. The Hall–Kier alpha value is -2.82. The van der Waals surface area contributed by atoms with E-state index in [0.29, 0.717) is 30.8 Å². The largest absolute Gasteiger partial charge is 0.489 e. The Morgan fingerprint density at radius 3 is 2.21 bits per heavy atom. The van der Waals surface area contributed by atoms with Crippen molar-refractivity contribution in [2.45, 2.75) is 59.2 Å². The highest BCUT2D eigenvalue weighted by atomic mass is 16.5. The molecule has 0 aromatic heterocycles. The predicted molar refractivity (Wildman–Crippen MR) is 115 cm³/mol. The summed E-state index contributed by atoms with van der Waals surface area (Å²) in [4.78, 5) is 28.3. The van der Waals surface area contributed by atoms with Crippen molar-refractivity contribution < 1.29 is 14.3 Å². The summed E-state index contributed by atoms with van der Waals surface area (Å²) in [6.45, 7) is 8.35. The second kappa shape index (κ2) is 8.68. The van der Waals surface area contributed by atoms with Gasteiger partial charge in [-0.2, -0.15) is 0 Å². The Bertz CT molecular complexity index is 857. The van der Waals surface area contributed by atoms with E-state index in [1.54, 1.807) is 11.0 Å². The van der Waals surface area contributed by atoms with Gasteiger partial charge in [-0.3, -0.25) is 9.59 Å². The molecule has 1 aliphatic rings. The van der Waals surface area contributed by atoms with Crippen molar-refractivity contribution in [3.05, 3.63) is 60.2 Å². The van der Waals surface area contributed by atoms with Crippen molar-refractivity contribution >= 4 is 17.5 Å². The Morgan fingerprint density at radius 2 is 1.62 bits per heavy atom. The molecule has 1 N–H and O–H groups in total. The van der Waals surface area contributed by atoms with Gasteiger partial charge in [0.1, 0.15) is 11.2 Å². The SMILES string of the molecule is CC(C)Oc1ccccc1NC(=O)C1(C(=O)N(Cc2ccccc2)C(C)C)CC1. The zero-order valence-electron chi connectivity index (χ0n) is 17.6. The molecule has 1 saturated carbocycles. The molecular formula is C24H30N2O3. The second-order valence-corrected chi connectivity index (χ2v) is 8.21. The summed E-state index contributed by atoms with van der Waals surface area (Å²) in [6, 6.07) is 17.2. The van der Waals surface area contributed by atoms with Crippen molar-refractivity contribution in [1.82, 2.24) is 4.90 Å². The number of benzene rings is 2. The lowest BCUT2D eigenvalue weighted by atomic mass is 10.0. The van der Waals surface area contributed by atoms with E-state index in [1.165, 1.54) is 0 Å². The molecular weight excluding hydrogens is 364 g/mol. The van der Waals surface area contributed by atoms with Gasteiger partial charge in [0.15, 0.2) is 0 Å². The van der Waals surface area contributed by atoms with Crippen LogP contribution in [0.1, 0.15) is 46.1 Å². The Balaban J connectivity index is 1.77. The lowest BCUT2D eigenvalue weighted by Gasteiger charge is -2.30. The van der Waals surface area contributed by atoms with Gasteiger partial charge in [0.2, 0.25) is 11.8 Å². The van der Waals surface area contributed by atoms with E-state index >= 15 is 0 Å². The first-order chi connectivity index (χ1) is 13.8. The van der Waals surface area contributed by atoms with Gasteiger partial charge in [-0.25, -0.2) is 0 Å². The number of para-hydroxylation sites is 2. The monoisotopic (exact) mass is 394 g/mol. The second-order valence-electron chi connectivity index (χ2n) is 8.21. The third-order valence-corrected chi connectivity index (χ3v) is 5.17. The number of amides is 2. The van der Waals surface area contributed by atoms with Crippen LogP contribution in [-0.2, 0) is 16.1 Å². The van der Waals surface area contributed by atoms with Crippen LogP contribution in [0.4, 0.5) is 5.69 Å². The molecule has 0 saturated heterocycles. The van der Waals surface area contributed by atoms with E-state index in [2.05, 4.69) is 5.32 Å². The normalized spacial score (nSPS) is 14.6. The molecule has 0 spiro atoms. The number of nitrogens with zero attached hydrogens (tertiary/aromatic N) is 1. The molecule has 0 radical (unpaired) electrons. The van der Waals surface area contributed by atoms with E-state index in [9.17, 15) is 9.59 Å². The molecule has 1 fully saturated rings. The van der Waals surface area contributed by atoms with E-state index in [4.69, 9.17) is 4.74 Å². The van der Waals surface area contributed by atoms with Crippen LogP contribution < -0.4 is 10.1 Å². The van der Waals surface area contributed by atoms with Crippen LogP contribution in [0.25, 0.3) is 0 Å². The first kappa shape index (κ1) is 20.9. The number of hydrogen-bond acceptors (Lipinski definition) is 3. The molecule has 0 unspecified atom stereocenters. The van der Waals surface area contributed by atoms with Crippen LogP contribution in [0.2, 0.25) is 0 Å². The minimum absolute atomic E-state index is 0.00421. The number of rotatable bonds is 8. The topological polar surface area (TPSA) is 58.6 Å². The lowest BCUT2D eigenvalue weighted by Crippen LogP contribution is -2.45. The quantitative estimate of drug-likeness (QED) is 0.664. The first-order valence-corrected chi connectivity index (χ1v) is 10.3. The van der Waals surface area contributed by atoms with Crippen LogP contribution in [-0.4, -0.2) is 28.9 Å². The van der Waals surface area contributed by atoms with Crippen molar-refractivity contribution in [1.29, 1.82) is 0 Å². The maximum absolute atomic E-state index is 13.4. The molecule has 2 aromatic rings. The number of nitrogens with one attached hydrogen (secondary N) is 1. The fourth-order valence-electron chi connectivity index (χ4n) is 3.38. The maximum atomic E-state index is 13.4. The summed E-state index contributed by atoms with van der Waals surface area (Å²) < 4.78 is 5.79.